The van der Waals surface area contributed by atoms with Crippen molar-refractivity contribution in [1.82, 2.24) is 10.1 Å². The molecule has 24 heavy (non-hydrogen) atoms. The maximum absolute atomic E-state index is 12.8. The maximum Gasteiger partial charge on any atom is 0.259 e. The predicted molar refractivity (Wildman–Crippen MR) is 91.4 cm³/mol. The number of nitrogens with zero attached hydrogens (tertiary/aromatic N) is 2. The van der Waals surface area contributed by atoms with Gasteiger partial charge in [-0.15, -0.1) is 0 Å². The number of nitrogens with one attached hydrogen (secondary N) is 1. The lowest BCUT2D eigenvalue weighted by molar-refractivity contribution is 0.102. The van der Waals surface area contributed by atoms with E-state index in [2.05, 4.69) is 15.5 Å². The van der Waals surface area contributed by atoms with Crippen molar-refractivity contribution in [2.24, 2.45) is 0 Å². The van der Waals surface area contributed by atoms with Gasteiger partial charge in [-0.25, -0.2) is 4.98 Å². The fraction of sp³-hybridized carbons (Fsp3) is 0.278. The highest BCUT2D eigenvalue weighted by Gasteiger charge is 2.20. The molecule has 1 amide bonds. The number of carbonyl (C=O) groups is 1. The number of hydrogen-bond donors (Lipinski definition) is 2. The van der Waals surface area contributed by atoms with Crippen LogP contribution in [0.4, 0.5) is 5.69 Å². The maximum atomic E-state index is 12.8. The first kappa shape index (κ1) is 16.0. The number of pyridine rings is 1. The molecule has 2 aromatic heterocycles. The lowest BCUT2D eigenvalue weighted by Gasteiger charge is -2.11. The molecule has 0 radical (unpaired) electrons. The van der Waals surface area contributed by atoms with Crippen molar-refractivity contribution >= 4 is 22.7 Å². The zero-order chi connectivity index (χ0) is 17.4. The molecule has 0 saturated heterocycles. The smallest absolute Gasteiger partial charge is 0.259 e. The Hall–Kier alpha value is -2.89. The molecule has 0 spiro atoms. The third-order valence-electron chi connectivity index (χ3n) is 3.87. The number of phenolic OH excluding ortho intramolecular Hbond substituents is 1. The summed E-state index contributed by atoms with van der Waals surface area (Å²) in [5, 5.41) is 17.2. The van der Waals surface area contributed by atoms with E-state index in [1.54, 1.807) is 25.1 Å². The Morgan fingerprint density at radius 3 is 2.67 bits per heavy atom. The van der Waals surface area contributed by atoms with E-state index in [4.69, 9.17) is 4.52 Å². The zero-order valence-electron chi connectivity index (χ0n) is 14.0. The number of benzene rings is 1. The molecule has 0 saturated carbocycles. The van der Waals surface area contributed by atoms with E-state index in [-0.39, 0.29) is 17.6 Å². The van der Waals surface area contributed by atoms with E-state index >= 15 is 0 Å². The third kappa shape index (κ3) is 2.82. The first-order valence-corrected chi connectivity index (χ1v) is 7.74. The number of carbonyl (C=O) groups excluding carboxylic acids is 1. The third-order valence-corrected chi connectivity index (χ3v) is 3.87. The van der Waals surface area contributed by atoms with Crippen molar-refractivity contribution in [3.8, 4) is 5.75 Å². The lowest BCUT2D eigenvalue weighted by Crippen LogP contribution is -2.14. The summed E-state index contributed by atoms with van der Waals surface area (Å²) in [6.45, 7) is 7.62. The molecule has 0 aliphatic carbocycles. The van der Waals surface area contributed by atoms with Gasteiger partial charge in [-0.3, -0.25) is 4.79 Å². The number of anilines is 1. The molecule has 6 nitrogen and oxygen atoms in total. The van der Waals surface area contributed by atoms with Crippen LogP contribution in [0.3, 0.4) is 0 Å². The second-order valence-corrected chi connectivity index (χ2v) is 6.17. The highest BCUT2D eigenvalue weighted by Crippen LogP contribution is 2.28. The van der Waals surface area contributed by atoms with Crippen molar-refractivity contribution in [1.29, 1.82) is 0 Å². The van der Waals surface area contributed by atoms with Crippen molar-refractivity contribution in [2.45, 2.75) is 33.6 Å². The average molecular weight is 325 g/mol. The Balaban J connectivity index is 2.06. The molecule has 3 rings (SSSR count). The Bertz CT molecular complexity index is 929. The van der Waals surface area contributed by atoms with Crippen LogP contribution in [0.1, 0.15) is 47.1 Å². The Labute approximate surface area is 139 Å². The average Bonchev–Trinajstić information content (AvgIpc) is 2.90. The molecule has 0 atom stereocenters. The summed E-state index contributed by atoms with van der Waals surface area (Å²) in [6.07, 6.45) is 0. The van der Waals surface area contributed by atoms with E-state index in [9.17, 15) is 9.90 Å². The van der Waals surface area contributed by atoms with Crippen LogP contribution in [-0.2, 0) is 0 Å². The van der Waals surface area contributed by atoms with Gasteiger partial charge in [0, 0.05) is 5.69 Å². The van der Waals surface area contributed by atoms with Gasteiger partial charge in [-0.05, 0) is 43.5 Å². The molecular weight excluding hydrogens is 306 g/mol. The van der Waals surface area contributed by atoms with Gasteiger partial charge in [0.05, 0.1) is 22.3 Å². The molecule has 1 aromatic carbocycles. The van der Waals surface area contributed by atoms with E-state index in [0.717, 1.165) is 11.3 Å². The molecule has 0 unspecified atom stereocenters. The molecule has 124 valence electrons. The molecule has 0 bridgehead atoms. The minimum Gasteiger partial charge on any atom is -0.506 e. The van der Waals surface area contributed by atoms with Gasteiger partial charge in [0.2, 0.25) is 0 Å². The summed E-state index contributed by atoms with van der Waals surface area (Å²) in [7, 11) is 0. The number of aromatic nitrogens is 2. The van der Waals surface area contributed by atoms with Gasteiger partial charge in [0.1, 0.15) is 5.75 Å². The number of aryl methyl sites for hydroxylation is 2. The van der Waals surface area contributed by atoms with Gasteiger partial charge in [0.15, 0.2) is 0 Å². The Morgan fingerprint density at radius 1 is 1.25 bits per heavy atom. The van der Waals surface area contributed by atoms with Crippen LogP contribution in [0.15, 0.2) is 28.8 Å². The summed E-state index contributed by atoms with van der Waals surface area (Å²) in [5.74, 6) is -0.173. The standard InChI is InChI=1S/C18H19N3O3/c1-9(2)14-8-12(16-11(4)21-24-18(16)20-14)17(23)19-13-6-5-10(3)7-15(13)22/h5-9,22H,1-4H3,(H,19,23). The number of phenols is 1. The topological polar surface area (TPSA) is 88.3 Å². The quantitative estimate of drug-likeness (QED) is 0.713. The summed E-state index contributed by atoms with van der Waals surface area (Å²) < 4.78 is 5.23. The fourth-order valence-electron chi connectivity index (χ4n) is 2.53. The van der Waals surface area contributed by atoms with Crippen LogP contribution >= 0.6 is 0 Å². The number of amides is 1. The van der Waals surface area contributed by atoms with Crippen LogP contribution in [-0.4, -0.2) is 21.2 Å². The van der Waals surface area contributed by atoms with Crippen LogP contribution in [0.5, 0.6) is 5.75 Å². The summed E-state index contributed by atoms with van der Waals surface area (Å²) in [5.41, 5.74) is 3.40. The highest BCUT2D eigenvalue weighted by atomic mass is 16.5. The van der Waals surface area contributed by atoms with Crippen LogP contribution in [0.2, 0.25) is 0 Å². The first-order valence-electron chi connectivity index (χ1n) is 7.74. The van der Waals surface area contributed by atoms with Gasteiger partial charge in [-0.2, -0.15) is 0 Å². The van der Waals surface area contributed by atoms with Gasteiger partial charge >= 0.3 is 0 Å². The van der Waals surface area contributed by atoms with Crippen molar-refractivity contribution in [3.63, 3.8) is 0 Å². The highest BCUT2D eigenvalue weighted by molar-refractivity contribution is 6.12. The number of fused-ring (bicyclic) bond motifs is 1. The summed E-state index contributed by atoms with van der Waals surface area (Å²) >= 11 is 0. The summed E-state index contributed by atoms with van der Waals surface area (Å²) in [4.78, 5) is 17.2. The SMILES string of the molecule is Cc1ccc(NC(=O)c2cc(C(C)C)nc3onc(C)c23)c(O)c1. The monoisotopic (exact) mass is 325 g/mol. The predicted octanol–water partition coefficient (Wildman–Crippen LogP) is 3.92. The largest absolute Gasteiger partial charge is 0.506 e. The minimum absolute atomic E-state index is 0.0276. The van der Waals surface area contributed by atoms with Gasteiger partial charge in [-0.1, -0.05) is 25.1 Å². The van der Waals surface area contributed by atoms with Crippen LogP contribution in [0.25, 0.3) is 11.1 Å². The lowest BCUT2D eigenvalue weighted by atomic mass is 10.0. The number of hydrogen-bond acceptors (Lipinski definition) is 5. The van der Waals surface area contributed by atoms with E-state index in [1.807, 2.05) is 26.8 Å². The van der Waals surface area contributed by atoms with Crippen molar-refractivity contribution < 1.29 is 14.4 Å². The van der Waals surface area contributed by atoms with Crippen molar-refractivity contribution in [2.75, 3.05) is 5.32 Å². The fourth-order valence-corrected chi connectivity index (χ4v) is 2.53. The molecule has 0 fully saturated rings. The zero-order valence-corrected chi connectivity index (χ0v) is 14.0. The van der Waals surface area contributed by atoms with E-state index < -0.39 is 0 Å². The number of rotatable bonds is 3. The summed E-state index contributed by atoms with van der Waals surface area (Å²) in [6, 6.07) is 6.84. The minimum atomic E-state index is -0.338. The van der Waals surface area contributed by atoms with Crippen molar-refractivity contribution in [3.05, 3.63) is 46.8 Å². The molecule has 0 aliphatic heterocycles. The Kier molecular flexibility index (Phi) is 3.97. The molecule has 2 N–H and O–H groups in total. The number of aromatic hydroxyl groups is 1. The van der Waals surface area contributed by atoms with E-state index in [0.29, 0.717) is 28.0 Å². The normalized spacial score (nSPS) is 11.2. The van der Waals surface area contributed by atoms with Crippen LogP contribution in [0, 0.1) is 13.8 Å². The molecule has 0 aliphatic rings. The molecular formula is C18H19N3O3. The van der Waals surface area contributed by atoms with Crippen LogP contribution < -0.4 is 5.32 Å². The second-order valence-electron chi connectivity index (χ2n) is 6.17. The van der Waals surface area contributed by atoms with Gasteiger partial charge in [0.25, 0.3) is 11.6 Å². The van der Waals surface area contributed by atoms with E-state index in [1.165, 1.54) is 0 Å². The molecule has 6 heteroatoms. The second kappa shape index (κ2) is 5.96. The first-order chi connectivity index (χ1) is 11.4. The molecule has 2 heterocycles. The Morgan fingerprint density at radius 2 is 2.00 bits per heavy atom. The molecule has 3 aromatic rings. The van der Waals surface area contributed by atoms with Gasteiger partial charge < -0.3 is 14.9 Å².